The lowest BCUT2D eigenvalue weighted by Crippen LogP contribution is -2.67. The first kappa shape index (κ1) is 23.0. The molecule has 0 bridgehead atoms. The van der Waals surface area contributed by atoms with Crippen LogP contribution in [0.4, 0.5) is 4.79 Å². The fourth-order valence-electron chi connectivity index (χ4n) is 5.02. The summed E-state index contributed by atoms with van der Waals surface area (Å²) in [4.78, 5) is 19.6. The molecule has 168 valence electrons. The van der Waals surface area contributed by atoms with E-state index < -0.39 is 22.8 Å². The summed E-state index contributed by atoms with van der Waals surface area (Å²) in [6, 6.07) is 18.1. The number of aromatic nitrogens is 1. The maximum absolute atomic E-state index is 12.3. The zero-order valence-corrected chi connectivity index (χ0v) is 21.0. The number of hydrogen-bond acceptors (Lipinski definition) is 4. The Morgan fingerprint density at radius 2 is 1.66 bits per heavy atom. The molecule has 0 spiro atoms. The van der Waals surface area contributed by atoms with Crippen LogP contribution in [0.3, 0.4) is 0 Å². The third kappa shape index (κ3) is 4.09. The molecule has 7 heteroatoms. The van der Waals surface area contributed by atoms with Crippen LogP contribution < -0.4 is 0 Å². The van der Waals surface area contributed by atoms with E-state index in [-0.39, 0.29) is 0 Å². The molecule has 2 N–H and O–H groups in total. The largest absolute Gasteiger partial charge is 0.465 e. The maximum atomic E-state index is 12.3. The van der Waals surface area contributed by atoms with Gasteiger partial charge in [-0.25, -0.2) is 9.78 Å². The topological polar surface area (TPSA) is 73.7 Å². The summed E-state index contributed by atoms with van der Waals surface area (Å²) in [5.74, 6) is 0. The minimum Gasteiger partial charge on any atom is -0.465 e. The zero-order chi connectivity index (χ0) is 23.3. The van der Waals surface area contributed by atoms with Gasteiger partial charge in [-0.1, -0.05) is 54.6 Å². The molecular weight excluding hydrogens is 488 g/mol. The number of aliphatic hydroxyl groups is 1. The van der Waals surface area contributed by atoms with E-state index in [0.717, 1.165) is 31.2 Å². The van der Waals surface area contributed by atoms with Gasteiger partial charge in [0.2, 0.25) is 0 Å². The van der Waals surface area contributed by atoms with Crippen LogP contribution in [-0.2, 0) is 5.54 Å². The number of carboxylic acid groups (broad SMARTS) is 1. The van der Waals surface area contributed by atoms with Gasteiger partial charge in [0.1, 0.15) is 0 Å². The summed E-state index contributed by atoms with van der Waals surface area (Å²) in [6.45, 7) is 7.44. The van der Waals surface area contributed by atoms with Gasteiger partial charge in [-0.3, -0.25) is 4.90 Å². The lowest BCUT2D eigenvalue weighted by Gasteiger charge is -2.60. The van der Waals surface area contributed by atoms with Crippen molar-refractivity contribution in [1.29, 1.82) is 0 Å². The van der Waals surface area contributed by atoms with E-state index in [4.69, 9.17) is 4.98 Å². The van der Waals surface area contributed by atoms with Crippen molar-refractivity contribution < 1.29 is 15.0 Å². The second-order valence-electron chi connectivity index (χ2n) is 9.76. The number of benzene rings is 2. The predicted molar refractivity (Wildman–Crippen MR) is 132 cm³/mol. The van der Waals surface area contributed by atoms with Gasteiger partial charge in [0.15, 0.2) is 3.92 Å². The van der Waals surface area contributed by atoms with Crippen molar-refractivity contribution in [1.82, 2.24) is 9.88 Å². The molecule has 0 radical (unpaired) electrons. The van der Waals surface area contributed by atoms with Crippen LogP contribution in [0.15, 0.2) is 58.5 Å². The van der Waals surface area contributed by atoms with Gasteiger partial charge in [-0.05, 0) is 54.8 Å². The molecule has 3 aromatic rings. The number of carbonyl (C=O) groups is 1. The lowest BCUT2D eigenvalue weighted by atomic mass is 9.60. The van der Waals surface area contributed by atoms with Crippen molar-refractivity contribution in [3.05, 3.63) is 64.1 Å². The van der Waals surface area contributed by atoms with Crippen LogP contribution in [0.1, 0.15) is 46.1 Å². The Bertz CT molecular complexity index is 1130. The third-order valence-corrected chi connectivity index (χ3v) is 7.53. The molecule has 1 aliphatic rings. The molecule has 32 heavy (non-hydrogen) atoms. The Morgan fingerprint density at radius 1 is 1.06 bits per heavy atom. The Balaban J connectivity index is 1.76. The van der Waals surface area contributed by atoms with Crippen molar-refractivity contribution in [2.45, 2.75) is 57.2 Å². The van der Waals surface area contributed by atoms with Gasteiger partial charge in [0.25, 0.3) is 0 Å². The normalized spacial score (nSPS) is 22.9. The molecule has 1 aliphatic carbocycles. The Kier molecular flexibility index (Phi) is 5.72. The van der Waals surface area contributed by atoms with E-state index in [2.05, 4.69) is 28.1 Å². The zero-order valence-electron chi connectivity index (χ0n) is 18.6. The first-order valence-electron chi connectivity index (χ1n) is 10.5. The highest BCUT2D eigenvalue weighted by molar-refractivity contribution is 9.11. The van der Waals surface area contributed by atoms with E-state index in [9.17, 15) is 15.0 Å². The first-order valence-corrected chi connectivity index (χ1v) is 12.1. The third-order valence-electron chi connectivity index (χ3n) is 5.97. The summed E-state index contributed by atoms with van der Waals surface area (Å²) in [7, 11) is 0. The second-order valence-corrected chi connectivity index (χ2v) is 12.0. The van der Waals surface area contributed by atoms with E-state index in [1.807, 2.05) is 63.2 Å². The fourth-order valence-corrected chi connectivity index (χ4v) is 6.51. The van der Waals surface area contributed by atoms with E-state index in [0.29, 0.717) is 12.8 Å². The van der Waals surface area contributed by atoms with Crippen molar-refractivity contribution in [3.8, 4) is 21.7 Å². The average Bonchev–Trinajstić information content (AvgIpc) is 3.07. The van der Waals surface area contributed by atoms with Gasteiger partial charge in [-0.15, -0.1) is 11.3 Å². The maximum Gasteiger partial charge on any atom is 0.408 e. The van der Waals surface area contributed by atoms with Crippen molar-refractivity contribution in [3.63, 3.8) is 0 Å². The van der Waals surface area contributed by atoms with Crippen molar-refractivity contribution >= 4 is 33.4 Å². The molecule has 1 aromatic heterocycles. The minimum atomic E-state index is -0.980. The van der Waals surface area contributed by atoms with Gasteiger partial charge in [0, 0.05) is 23.9 Å². The Morgan fingerprint density at radius 3 is 2.16 bits per heavy atom. The number of rotatable bonds is 4. The molecule has 0 atom stereocenters. The minimum absolute atomic E-state index is 0.362. The van der Waals surface area contributed by atoms with Crippen LogP contribution in [0.5, 0.6) is 0 Å². The predicted octanol–water partition coefficient (Wildman–Crippen LogP) is 6.76. The number of amides is 1. The highest BCUT2D eigenvalue weighted by atomic mass is 79.9. The number of nitrogens with zero attached hydrogens (tertiary/aromatic N) is 2. The monoisotopic (exact) mass is 514 g/mol. The van der Waals surface area contributed by atoms with Crippen LogP contribution in [0, 0.1) is 0 Å². The molecule has 0 saturated heterocycles. The molecule has 4 rings (SSSR count). The van der Waals surface area contributed by atoms with Crippen LogP contribution in [0.2, 0.25) is 0 Å². The summed E-state index contributed by atoms with van der Waals surface area (Å²) in [5.41, 5.74) is 1.58. The lowest BCUT2D eigenvalue weighted by molar-refractivity contribution is -0.152. The average molecular weight is 515 g/mol. The van der Waals surface area contributed by atoms with E-state index in [1.54, 1.807) is 18.3 Å². The summed E-state index contributed by atoms with van der Waals surface area (Å²) in [6.07, 6.45) is -0.257. The van der Waals surface area contributed by atoms with Crippen LogP contribution >= 0.6 is 27.3 Å². The Hall–Kier alpha value is -2.22. The van der Waals surface area contributed by atoms with Crippen LogP contribution in [-0.4, -0.2) is 37.3 Å². The molecular formula is C25H27BrN2O3S. The highest BCUT2D eigenvalue weighted by Gasteiger charge is 2.59. The van der Waals surface area contributed by atoms with Crippen molar-refractivity contribution in [2.75, 3.05) is 0 Å². The molecule has 5 nitrogen and oxygen atoms in total. The molecule has 1 saturated carbocycles. The highest BCUT2D eigenvalue weighted by Crippen LogP contribution is 2.54. The molecule has 1 fully saturated rings. The van der Waals surface area contributed by atoms with Gasteiger partial charge < -0.3 is 10.2 Å². The number of hydrogen-bond donors (Lipinski definition) is 2. The van der Waals surface area contributed by atoms with Crippen LogP contribution in [0.25, 0.3) is 21.7 Å². The second kappa shape index (κ2) is 7.97. The van der Waals surface area contributed by atoms with E-state index >= 15 is 0 Å². The summed E-state index contributed by atoms with van der Waals surface area (Å²) >= 11 is 5.11. The number of halogens is 1. The summed E-state index contributed by atoms with van der Waals surface area (Å²) < 4.78 is 0.812. The smallest absolute Gasteiger partial charge is 0.408 e. The quantitative estimate of drug-likeness (QED) is 0.403. The van der Waals surface area contributed by atoms with Gasteiger partial charge in [0.05, 0.1) is 21.7 Å². The molecule has 0 aliphatic heterocycles. The Labute approximate surface area is 200 Å². The number of thiazole rings is 1. The van der Waals surface area contributed by atoms with Crippen molar-refractivity contribution in [2.24, 2.45) is 0 Å². The molecule has 1 heterocycles. The van der Waals surface area contributed by atoms with Gasteiger partial charge >= 0.3 is 6.09 Å². The summed E-state index contributed by atoms with van der Waals surface area (Å²) in [5, 5.41) is 20.6. The van der Waals surface area contributed by atoms with E-state index in [1.165, 1.54) is 4.90 Å². The standard InChI is InChI=1S/C25H27BrN2O3S/c1-23(2,3)28(22(29)30)25(14-24(4,31)15-25)18-12-10-16(11-13-18)19-20(32-21(26)27-19)17-8-6-5-7-9-17/h5-13,31H,14-15H2,1-4H3,(H,29,30)/t24-,25+. The van der Waals surface area contributed by atoms with Gasteiger partial charge in [-0.2, -0.15) is 0 Å². The SMILES string of the molecule is CC(C)(C)N(C(=O)O)[C@]1(c2ccc(-c3nc(Br)sc3-c3ccccc3)cc2)C[C@](C)(O)C1. The molecule has 0 unspecified atom stereocenters. The first-order chi connectivity index (χ1) is 14.9. The fraction of sp³-hybridized carbons (Fsp3) is 0.360. The molecule has 2 aromatic carbocycles. The molecule has 1 amide bonds.